The number of benzene rings is 1. The highest BCUT2D eigenvalue weighted by molar-refractivity contribution is 5.85. The molecular weight excluding hydrogens is 262 g/mol. The molecule has 0 atom stereocenters. The van der Waals surface area contributed by atoms with Crippen LogP contribution in [0.1, 0.15) is 19.8 Å². The van der Waals surface area contributed by atoms with Crippen LogP contribution >= 0.6 is 24.8 Å². The molecule has 0 bridgehead atoms. The minimum absolute atomic E-state index is 0. The van der Waals surface area contributed by atoms with Crippen molar-refractivity contribution < 1.29 is 4.39 Å². The van der Waals surface area contributed by atoms with Crippen molar-refractivity contribution in [1.29, 1.82) is 0 Å². The molecule has 0 saturated carbocycles. The number of halogens is 3. The van der Waals surface area contributed by atoms with E-state index in [1.165, 1.54) is 6.07 Å². The Bertz CT molecular complexity index is 352. The third-order valence-corrected chi connectivity index (χ3v) is 3.10. The Kier molecular flexibility index (Phi) is 6.65. The van der Waals surface area contributed by atoms with Gasteiger partial charge in [-0.05, 0) is 37.0 Å². The zero-order chi connectivity index (χ0) is 10.8. The Balaban J connectivity index is 0.00000128. The molecule has 1 aromatic carbocycles. The van der Waals surface area contributed by atoms with Crippen LogP contribution in [0.5, 0.6) is 0 Å². The highest BCUT2D eigenvalue weighted by Gasteiger charge is 2.18. The smallest absolute Gasteiger partial charge is 0.148 e. The van der Waals surface area contributed by atoms with Crippen molar-refractivity contribution in [2.75, 3.05) is 23.7 Å². The van der Waals surface area contributed by atoms with Crippen molar-refractivity contribution in [2.24, 2.45) is 5.92 Å². The maximum atomic E-state index is 13.6. The summed E-state index contributed by atoms with van der Waals surface area (Å²) in [6.07, 6.45) is 2.29. The molecule has 0 aliphatic carbocycles. The van der Waals surface area contributed by atoms with E-state index in [1.54, 1.807) is 12.1 Å². The van der Waals surface area contributed by atoms with Gasteiger partial charge in [-0.1, -0.05) is 6.92 Å². The van der Waals surface area contributed by atoms with Crippen molar-refractivity contribution in [2.45, 2.75) is 19.8 Å². The van der Waals surface area contributed by atoms with E-state index in [4.69, 9.17) is 5.73 Å². The third-order valence-electron chi connectivity index (χ3n) is 3.10. The van der Waals surface area contributed by atoms with E-state index in [0.717, 1.165) is 31.8 Å². The second-order valence-electron chi connectivity index (χ2n) is 4.38. The lowest BCUT2D eigenvalue weighted by Gasteiger charge is -2.32. The quantitative estimate of drug-likeness (QED) is 0.798. The summed E-state index contributed by atoms with van der Waals surface area (Å²) in [5, 5.41) is 0. The maximum absolute atomic E-state index is 13.6. The summed E-state index contributed by atoms with van der Waals surface area (Å²) in [5.41, 5.74) is 6.70. The number of piperidine rings is 1. The molecule has 1 saturated heterocycles. The van der Waals surface area contributed by atoms with Crippen LogP contribution in [0.3, 0.4) is 0 Å². The first-order chi connectivity index (χ1) is 7.16. The average Bonchev–Trinajstić information content (AvgIpc) is 2.20. The molecule has 1 heterocycles. The Hall–Kier alpha value is -0.670. The fourth-order valence-corrected chi connectivity index (χ4v) is 2.03. The number of nitrogens with two attached hydrogens (primary N) is 1. The van der Waals surface area contributed by atoms with Crippen molar-refractivity contribution >= 4 is 36.2 Å². The van der Waals surface area contributed by atoms with Crippen LogP contribution in [-0.4, -0.2) is 13.1 Å². The van der Waals surface area contributed by atoms with Gasteiger partial charge in [-0.15, -0.1) is 24.8 Å². The van der Waals surface area contributed by atoms with E-state index < -0.39 is 0 Å². The normalized spacial score (nSPS) is 16.0. The standard InChI is InChI=1S/C12H17FN2.2ClH/c1-9-4-6-15(7-5-9)12-3-2-10(14)8-11(12)13;;/h2-3,8-9H,4-7,14H2,1H3;2*1H. The van der Waals surface area contributed by atoms with Crippen LogP contribution in [-0.2, 0) is 0 Å². The summed E-state index contributed by atoms with van der Waals surface area (Å²) in [5.74, 6) is 0.558. The van der Waals surface area contributed by atoms with Crippen molar-refractivity contribution in [3.8, 4) is 0 Å². The lowest BCUT2D eigenvalue weighted by molar-refractivity contribution is 0.434. The molecule has 17 heavy (non-hydrogen) atoms. The van der Waals surface area contributed by atoms with Crippen LogP contribution in [0, 0.1) is 11.7 Å². The second kappa shape index (κ2) is 6.92. The van der Waals surface area contributed by atoms with Gasteiger partial charge in [-0.2, -0.15) is 0 Å². The molecule has 2 nitrogen and oxygen atoms in total. The summed E-state index contributed by atoms with van der Waals surface area (Å²) in [7, 11) is 0. The second-order valence-corrected chi connectivity index (χ2v) is 4.38. The Morgan fingerprint density at radius 1 is 1.24 bits per heavy atom. The van der Waals surface area contributed by atoms with Gasteiger partial charge in [0.25, 0.3) is 0 Å². The zero-order valence-electron chi connectivity index (χ0n) is 9.86. The highest BCUT2D eigenvalue weighted by Crippen LogP contribution is 2.26. The van der Waals surface area contributed by atoms with Crippen molar-refractivity contribution in [1.82, 2.24) is 0 Å². The monoisotopic (exact) mass is 280 g/mol. The van der Waals surface area contributed by atoms with E-state index in [9.17, 15) is 4.39 Å². The molecule has 2 N–H and O–H groups in total. The van der Waals surface area contributed by atoms with Gasteiger partial charge >= 0.3 is 0 Å². The van der Waals surface area contributed by atoms with E-state index in [-0.39, 0.29) is 30.6 Å². The zero-order valence-corrected chi connectivity index (χ0v) is 11.5. The van der Waals surface area contributed by atoms with Gasteiger partial charge < -0.3 is 10.6 Å². The van der Waals surface area contributed by atoms with Gasteiger partial charge in [0.05, 0.1) is 5.69 Å². The van der Waals surface area contributed by atoms with Crippen LogP contribution in [0.25, 0.3) is 0 Å². The minimum atomic E-state index is -0.204. The predicted octanol–water partition coefficient (Wildman–Crippen LogP) is 3.49. The van der Waals surface area contributed by atoms with E-state index in [0.29, 0.717) is 11.4 Å². The van der Waals surface area contributed by atoms with E-state index in [2.05, 4.69) is 11.8 Å². The topological polar surface area (TPSA) is 29.3 Å². The van der Waals surface area contributed by atoms with Crippen molar-refractivity contribution in [3.05, 3.63) is 24.0 Å². The molecule has 2 rings (SSSR count). The van der Waals surface area contributed by atoms with Crippen molar-refractivity contribution in [3.63, 3.8) is 0 Å². The lowest BCUT2D eigenvalue weighted by Crippen LogP contribution is -2.33. The number of anilines is 2. The largest absolute Gasteiger partial charge is 0.399 e. The number of nitrogen functional groups attached to an aromatic ring is 1. The first-order valence-electron chi connectivity index (χ1n) is 5.47. The Morgan fingerprint density at radius 2 is 1.82 bits per heavy atom. The SMILES string of the molecule is CC1CCN(c2ccc(N)cc2F)CC1.Cl.Cl. The molecule has 0 amide bonds. The molecule has 98 valence electrons. The van der Waals surface area contributed by atoms with Gasteiger partial charge in [0.1, 0.15) is 5.82 Å². The summed E-state index contributed by atoms with van der Waals surface area (Å²) in [6.45, 7) is 4.14. The van der Waals surface area contributed by atoms with Gasteiger partial charge in [0.2, 0.25) is 0 Å². The van der Waals surface area contributed by atoms with Gasteiger partial charge in [0, 0.05) is 18.8 Å². The van der Waals surface area contributed by atoms with Crippen LogP contribution < -0.4 is 10.6 Å². The number of rotatable bonds is 1. The number of hydrogen-bond donors (Lipinski definition) is 1. The molecule has 1 aliphatic rings. The first-order valence-corrected chi connectivity index (χ1v) is 5.47. The minimum Gasteiger partial charge on any atom is -0.399 e. The van der Waals surface area contributed by atoms with Crippen LogP contribution in [0.2, 0.25) is 0 Å². The fraction of sp³-hybridized carbons (Fsp3) is 0.500. The van der Waals surface area contributed by atoms with Gasteiger partial charge in [0.15, 0.2) is 0 Å². The molecule has 5 heteroatoms. The molecule has 0 spiro atoms. The molecule has 1 aromatic rings. The molecule has 1 fully saturated rings. The summed E-state index contributed by atoms with van der Waals surface area (Å²) >= 11 is 0. The molecular formula is C12H19Cl2FN2. The molecule has 0 unspecified atom stereocenters. The molecule has 0 aromatic heterocycles. The average molecular weight is 281 g/mol. The summed E-state index contributed by atoms with van der Waals surface area (Å²) in [4.78, 5) is 2.11. The number of hydrogen-bond acceptors (Lipinski definition) is 2. The predicted molar refractivity (Wildman–Crippen MR) is 75.9 cm³/mol. The Labute approximate surface area is 114 Å². The van der Waals surface area contributed by atoms with E-state index >= 15 is 0 Å². The highest BCUT2D eigenvalue weighted by atomic mass is 35.5. The number of nitrogens with zero attached hydrogens (tertiary/aromatic N) is 1. The fourth-order valence-electron chi connectivity index (χ4n) is 2.03. The van der Waals surface area contributed by atoms with Gasteiger partial charge in [-0.3, -0.25) is 0 Å². The molecule has 0 radical (unpaired) electrons. The Morgan fingerprint density at radius 3 is 2.35 bits per heavy atom. The summed E-state index contributed by atoms with van der Waals surface area (Å²) < 4.78 is 13.6. The van der Waals surface area contributed by atoms with Crippen LogP contribution in [0.4, 0.5) is 15.8 Å². The van der Waals surface area contributed by atoms with E-state index in [1.807, 2.05) is 0 Å². The first kappa shape index (κ1) is 16.3. The third kappa shape index (κ3) is 3.93. The molecule has 1 aliphatic heterocycles. The van der Waals surface area contributed by atoms with Crippen LogP contribution in [0.15, 0.2) is 18.2 Å². The maximum Gasteiger partial charge on any atom is 0.148 e. The van der Waals surface area contributed by atoms with Gasteiger partial charge in [-0.25, -0.2) is 4.39 Å². The lowest BCUT2D eigenvalue weighted by atomic mass is 9.99. The summed E-state index contributed by atoms with van der Waals surface area (Å²) in [6, 6.07) is 4.93.